The number of nitrogens with one attached hydrogen (secondary N) is 1. The van der Waals surface area contributed by atoms with Gasteiger partial charge in [-0.1, -0.05) is 36.4 Å². The second-order valence-corrected chi connectivity index (χ2v) is 6.96. The lowest BCUT2D eigenvalue weighted by Gasteiger charge is -2.28. The monoisotopic (exact) mass is 352 g/mol. The Hall–Kier alpha value is -2.82. The maximum absolute atomic E-state index is 13.0. The number of methoxy groups -OCH3 is 1. The van der Waals surface area contributed by atoms with Crippen LogP contribution < -0.4 is 15.0 Å². The number of fused-ring (bicyclic) bond motifs is 1. The molecule has 26 heavy (non-hydrogen) atoms. The van der Waals surface area contributed by atoms with E-state index in [2.05, 4.69) is 5.32 Å². The highest BCUT2D eigenvalue weighted by atomic mass is 16.5. The fourth-order valence-electron chi connectivity index (χ4n) is 3.23. The number of nitrogens with zero attached hydrogens (tertiary/aromatic N) is 1. The minimum atomic E-state index is -1.15. The molecule has 5 nitrogen and oxygen atoms in total. The van der Waals surface area contributed by atoms with Crippen molar-refractivity contribution in [2.24, 2.45) is 5.41 Å². The molecule has 1 N–H and O–H groups in total. The van der Waals surface area contributed by atoms with Gasteiger partial charge in [0.05, 0.1) is 7.11 Å². The third kappa shape index (κ3) is 3.29. The van der Waals surface area contributed by atoms with Crippen LogP contribution in [-0.4, -0.2) is 25.5 Å². The fourth-order valence-corrected chi connectivity index (χ4v) is 3.23. The standard InChI is InChI=1S/C21H24N2O3/c1-21(2,19(24)22-14-16-9-5-7-11-18(16)26-3)20(25)23-13-12-15-8-4-6-10-17(15)23/h4-11H,12-14H2,1-3H3,(H,22,24). The van der Waals surface area contributed by atoms with Gasteiger partial charge in [0.25, 0.3) is 0 Å². The van der Waals surface area contributed by atoms with Crippen LogP contribution in [0, 0.1) is 5.41 Å². The lowest BCUT2D eigenvalue weighted by Crippen LogP contribution is -2.49. The molecular formula is C21H24N2O3. The molecule has 0 bridgehead atoms. The molecule has 136 valence electrons. The molecule has 0 atom stereocenters. The molecule has 0 unspecified atom stereocenters. The number of ether oxygens (including phenoxy) is 1. The van der Waals surface area contributed by atoms with Crippen molar-refractivity contribution in [3.63, 3.8) is 0 Å². The van der Waals surface area contributed by atoms with Crippen molar-refractivity contribution in [3.8, 4) is 5.75 Å². The first kappa shape index (κ1) is 18.0. The van der Waals surface area contributed by atoms with Gasteiger partial charge in [-0.05, 0) is 38.0 Å². The van der Waals surface area contributed by atoms with Gasteiger partial charge in [0.15, 0.2) is 0 Å². The normalized spacial score (nSPS) is 13.3. The average Bonchev–Trinajstić information content (AvgIpc) is 3.09. The van der Waals surface area contributed by atoms with E-state index in [0.29, 0.717) is 18.8 Å². The Labute approximate surface area is 154 Å². The number of anilines is 1. The highest BCUT2D eigenvalue weighted by Gasteiger charge is 2.41. The van der Waals surface area contributed by atoms with Crippen LogP contribution in [0.4, 0.5) is 5.69 Å². The Morgan fingerprint density at radius 2 is 1.81 bits per heavy atom. The van der Waals surface area contributed by atoms with Crippen LogP contribution in [-0.2, 0) is 22.6 Å². The summed E-state index contributed by atoms with van der Waals surface area (Å²) in [5, 5.41) is 2.88. The van der Waals surface area contributed by atoms with E-state index >= 15 is 0 Å². The summed E-state index contributed by atoms with van der Waals surface area (Å²) >= 11 is 0. The van der Waals surface area contributed by atoms with Gasteiger partial charge in [0, 0.05) is 24.3 Å². The lowest BCUT2D eigenvalue weighted by atomic mass is 9.90. The van der Waals surface area contributed by atoms with Crippen molar-refractivity contribution in [1.29, 1.82) is 0 Å². The van der Waals surface area contributed by atoms with Crippen molar-refractivity contribution < 1.29 is 14.3 Å². The zero-order valence-corrected chi connectivity index (χ0v) is 15.4. The van der Waals surface area contributed by atoms with Crippen molar-refractivity contribution in [3.05, 3.63) is 59.7 Å². The van der Waals surface area contributed by atoms with Gasteiger partial charge in [-0.2, -0.15) is 0 Å². The first-order chi connectivity index (χ1) is 12.4. The summed E-state index contributed by atoms with van der Waals surface area (Å²) in [5.74, 6) is 0.239. The predicted molar refractivity (Wildman–Crippen MR) is 101 cm³/mol. The molecule has 1 aliphatic heterocycles. The van der Waals surface area contributed by atoms with Crippen LogP contribution in [0.1, 0.15) is 25.0 Å². The van der Waals surface area contributed by atoms with Crippen molar-refractivity contribution in [2.45, 2.75) is 26.8 Å². The van der Waals surface area contributed by atoms with Crippen LogP contribution in [0.3, 0.4) is 0 Å². The minimum absolute atomic E-state index is 0.181. The Balaban J connectivity index is 1.71. The van der Waals surface area contributed by atoms with E-state index in [1.54, 1.807) is 25.9 Å². The summed E-state index contributed by atoms with van der Waals surface area (Å²) in [5.41, 5.74) is 1.77. The maximum Gasteiger partial charge on any atom is 0.242 e. The number of carbonyl (C=O) groups is 2. The molecule has 1 aliphatic rings. The number of hydrogen-bond donors (Lipinski definition) is 1. The summed E-state index contributed by atoms with van der Waals surface area (Å²) in [4.78, 5) is 27.5. The summed E-state index contributed by atoms with van der Waals surface area (Å²) in [7, 11) is 1.60. The molecule has 3 rings (SSSR count). The molecule has 0 aromatic heterocycles. The summed E-state index contributed by atoms with van der Waals surface area (Å²) in [6.45, 7) is 4.28. The van der Waals surface area contributed by atoms with Gasteiger partial charge < -0.3 is 15.0 Å². The Morgan fingerprint density at radius 3 is 2.58 bits per heavy atom. The Kier molecular flexibility index (Phi) is 4.98. The summed E-state index contributed by atoms with van der Waals surface area (Å²) in [6.07, 6.45) is 0.820. The van der Waals surface area contributed by atoms with Crippen LogP contribution in [0.15, 0.2) is 48.5 Å². The Bertz CT molecular complexity index is 830. The third-order valence-electron chi connectivity index (χ3n) is 4.87. The molecule has 0 aliphatic carbocycles. The number of rotatable bonds is 5. The molecule has 0 saturated carbocycles. The SMILES string of the molecule is COc1ccccc1CNC(=O)C(C)(C)C(=O)N1CCc2ccccc21. The van der Waals surface area contributed by atoms with Crippen LogP contribution in [0.2, 0.25) is 0 Å². The first-order valence-corrected chi connectivity index (χ1v) is 8.75. The van der Waals surface area contributed by atoms with Gasteiger partial charge in [-0.3, -0.25) is 9.59 Å². The second kappa shape index (κ2) is 7.20. The molecule has 1 heterocycles. The van der Waals surface area contributed by atoms with E-state index in [0.717, 1.165) is 23.2 Å². The predicted octanol–water partition coefficient (Wildman–Crippen LogP) is 2.93. The van der Waals surface area contributed by atoms with E-state index in [1.807, 2.05) is 48.5 Å². The Morgan fingerprint density at radius 1 is 1.12 bits per heavy atom. The van der Waals surface area contributed by atoms with Crippen molar-refractivity contribution in [2.75, 3.05) is 18.6 Å². The quantitative estimate of drug-likeness (QED) is 0.842. The lowest BCUT2D eigenvalue weighted by molar-refractivity contribution is -0.139. The third-order valence-corrected chi connectivity index (χ3v) is 4.87. The van der Waals surface area contributed by atoms with E-state index in [4.69, 9.17) is 4.74 Å². The number of hydrogen-bond acceptors (Lipinski definition) is 3. The van der Waals surface area contributed by atoms with Gasteiger partial charge in [-0.25, -0.2) is 0 Å². The number of amides is 2. The second-order valence-electron chi connectivity index (χ2n) is 6.96. The number of carbonyl (C=O) groups excluding carboxylic acids is 2. The van der Waals surface area contributed by atoms with E-state index in [9.17, 15) is 9.59 Å². The first-order valence-electron chi connectivity index (χ1n) is 8.75. The smallest absolute Gasteiger partial charge is 0.242 e. The summed E-state index contributed by atoms with van der Waals surface area (Å²) in [6, 6.07) is 15.4. The molecular weight excluding hydrogens is 328 g/mol. The molecule has 0 saturated heterocycles. The minimum Gasteiger partial charge on any atom is -0.496 e. The topological polar surface area (TPSA) is 58.6 Å². The van der Waals surface area contributed by atoms with Crippen LogP contribution in [0.5, 0.6) is 5.75 Å². The molecule has 5 heteroatoms. The van der Waals surface area contributed by atoms with E-state index in [1.165, 1.54) is 0 Å². The highest BCUT2D eigenvalue weighted by Crippen LogP contribution is 2.32. The zero-order chi connectivity index (χ0) is 18.7. The average molecular weight is 352 g/mol. The number of benzene rings is 2. The molecule has 2 aromatic rings. The number of para-hydroxylation sites is 2. The highest BCUT2D eigenvalue weighted by molar-refractivity contribution is 6.11. The van der Waals surface area contributed by atoms with Crippen molar-refractivity contribution in [1.82, 2.24) is 5.32 Å². The maximum atomic E-state index is 13.0. The van der Waals surface area contributed by atoms with Gasteiger partial charge >= 0.3 is 0 Å². The molecule has 2 amide bonds. The fraction of sp³-hybridized carbons (Fsp3) is 0.333. The largest absolute Gasteiger partial charge is 0.496 e. The van der Waals surface area contributed by atoms with Gasteiger partial charge in [0.1, 0.15) is 11.2 Å². The summed E-state index contributed by atoms with van der Waals surface area (Å²) < 4.78 is 5.30. The van der Waals surface area contributed by atoms with Crippen LogP contribution in [0.25, 0.3) is 0 Å². The zero-order valence-electron chi connectivity index (χ0n) is 15.4. The van der Waals surface area contributed by atoms with Crippen molar-refractivity contribution >= 4 is 17.5 Å². The van der Waals surface area contributed by atoms with E-state index < -0.39 is 5.41 Å². The molecule has 0 fully saturated rings. The molecule has 2 aromatic carbocycles. The van der Waals surface area contributed by atoms with E-state index in [-0.39, 0.29) is 11.8 Å². The molecule has 0 spiro atoms. The van der Waals surface area contributed by atoms with Gasteiger partial charge in [-0.15, -0.1) is 0 Å². The molecule has 0 radical (unpaired) electrons. The van der Waals surface area contributed by atoms with Crippen LogP contribution >= 0.6 is 0 Å². The van der Waals surface area contributed by atoms with Gasteiger partial charge in [0.2, 0.25) is 11.8 Å².